The Morgan fingerprint density at radius 3 is 2.65 bits per heavy atom. The minimum absolute atomic E-state index is 0.110. The van der Waals surface area contributed by atoms with Crippen molar-refractivity contribution in [2.45, 2.75) is 20.8 Å². The van der Waals surface area contributed by atoms with Gasteiger partial charge in [0.1, 0.15) is 0 Å². The van der Waals surface area contributed by atoms with Gasteiger partial charge in [-0.1, -0.05) is 0 Å². The number of rotatable bonds is 4. The Balaban J connectivity index is 2.19. The number of nitrogens with one attached hydrogen (secondary N) is 2. The van der Waals surface area contributed by atoms with Crippen LogP contribution in [0.15, 0.2) is 24.4 Å². The molecule has 0 fully saturated rings. The molecule has 2 aromatic rings. The molecule has 1 heterocycles. The maximum atomic E-state index is 12.3. The fourth-order valence-electron chi connectivity index (χ4n) is 2.14. The fourth-order valence-corrected chi connectivity index (χ4v) is 2.14. The van der Waals surface area contributed by atoms with Crippen LogP contribution < -0.4 is 10.6 Å². The first-order valence-electron chi connectivity index (χ1n) is 6.67. The zero-order chi connectivity index (χ0) is 14.7. The van der Waals surface area contributed by atoms with Crippen LogP contribution in [0.4, 0.5) is 11.4 Å². The van der Waals surface area contributed by atoms with E-state index in [2.05, 4.69) is 15.7 Å². The van der Waals surface area contributed by atoms with Crippen molar-refractivity contribution in [3.8, 4) is 0 Å². The smallest absolute Gasteiger partial charge is 0.256 e. The fraction of sp³-hybridized carbons (Fsp3) is 0.333. The van der Waals surface area contributed by atoms with Crippen molar-refractivity contribution in [3.63, 3.8) is 0 Å². The number of amides is 1. The molecule has 0 aliphatic heterocycles. The summed E-state index contributed by atoms with van der Waals surface area (Å²) in [6.07, 6.45) is 1.80. The molecule has 0 aliphatic rings. The van der Waals surface area contributed by atoms with E-state index in [0.29, 0.717) is 5.56 Å². The van der Waals surface area contributed by atoms with E-state index in [9.17, 15) is 4.79 Å². The van der Waals surface area contributed by atoms with Crippen LogP contribution in [-0.2, 0) is 7.05 Å². The first-order chi connectivity index (χ1) is 9.51. The number of carbonyl (C=O) groups is 1. The van der Waals surface area contributed by atoms with Gasteiger partial charge in [0.15, 0.2) is 0 Å². The second-order valence-electron chi connectivity index (χ2n) is 4.82. The number of nitrogens with zero attached hydrogens (tertiary/aromatic N) is 2. The Morgan fingerprint density at radius 2 is 2.10 bits per heavy atom. The molecule has 0 aliphatic carbocycles. The van der Waals surface area contributed by atoms with Gasteiger partial charge in [0.2, 0.25) is 0 Å². The van der Waals surface area contributed by atoms with Gasteiger partial charge >= 0.3 is 0 Å². The van der Waals surface area contributed by atoms with E-state index in [4.69, 9.17) is 0 Å². The highest BCUT2D eigenvalue weighted by atomic mass is 16.1. The largest absolute Gasteiger partial charge is 0.385 e. The Hall–Kier alpha value is -2.30. The van der Waals surface area contributed by atoms with Crippen LogP contribution in [0.2, 0.25) is 0 Å². The summed E-state index contributed by atoms with van der Waals surface area (Å²) in [7, 11) is 1.83. The molecule has 5 heteroatoms. The van der Waals surface area contributed by atoms with E-state index >= 15 is 0 Å². The van der Waals surface area contributed by atoms with Gasteiger partial charge in [-0.3, -0.25) is 9.48 Å². The molecule has 0 saturated carbocycles. The quantitative estimate of drug-likeness (QED) is 0.899. The number of benzene rings is 1. The molecule has 0 saturated heterocycles. The maximum Gasteiger partial charge on any atom is 0.256 e. The van der Waals surface area contributed by atoms with Gasteiger partial charge in [-0.2, -0.15) is 5.10 Å². The number of carbonyl (C=O) groups excluding carboxylic acids is 1. The molecule has 0 atom stereocenters. The van der Waals surface area contributed by atoms with Crippen LogP contribution in [0, 0.1) is 13.8 Å². The number of hydrogen-bond acceptors (Lipinski definition) is 3. The zero-order valence-electron chi connectivity index (χ0n) is 12.3. The van der Waals surface area contributed by atoms with Crippen molar-refractivity contribution in [1.82, 2.24) is 9.78 Å². The molecule has 0 radical (unpaired) electrons. The van der Waals surface area contributed by atoms with Crippen molar-refractivity contribution in [2.75, 3.05) is 17.2 Å². The maximum absolute atomic E-state index is 12.3. The van der Waals surface area contributed by atoms with Crippen molar-refractivity contribution >= 4 is 17.3 Å². The Kier molecular flexibility index (Phi) is 4.08. The second kappa shape index (κ2) is 5.77. The van der Waals surface area contributed by atoms with Crippen LogP contribution in [0.5, 0.6) is 0 Å². The lowest BCUT2D eigenvalue weighted by Crippen LogP contribution is -2.14. The van der Waals surface area contributed by atoms with Gasteiger partial charge in [-0.15, -0.1) is 0 Å². The Morgan fingerprint density at radius 1 is 1.35 bits per heavy atom. The zero-order valence-corrected chi connectivity index (χ0v) is 12.3. The van der Waals surface area contributed by atoms with Gasteiger partial charge in [0.05, 0.1) is 11.4 Å². The predicted molar refractivity (Wildman–Crippen MR) is 81.2 cm³/mol. The Bertz CT molecular complexity index is 631. The van der Waals surface area contributed by atoms with Gasteiger partial charge in [0, 0.05) is 31.0 Å². The molecule has 5 nitrogen and oxygen atoms in total. The monoisotopic (exact) mass is 272 g/mol. The predicted octanol–water partition coefficient (Wildman–Crippen LogP) is 2.72. The van der Waals surface area contributed by atoms with Crippen molar-refractivity contribution < 1.29 is 4.79 Å². The van der Waals surface area contributed by atoms with Gasteiger partial charge in [0.25, 0.3) is 5.91 Å². The lowest BCUT2D eigenvalue weighted by molar-refractivity contribution is 0.102. The molecular formula is C15H20N4O. The van der Waals surface area contributed by atoms with Crippen LogP contribution in [-0.4, -0.2) is 22.2 Å². The normalized spacial score (nSPS) is 10.4. The minimum atomic E-state index is -0.110. The highest BCUT2D eigenvalue weighted by molar-refractivity contribution is 6.05. The first-order valence-corrected chi connectivity index (χ1v) is 6.67. The molecule has 0 unspecified atom stereocenters. The number of hydrogen-bond donors (Lipinski definition) is 2. The summed E-state index contributed by atoms with van der Waals surface area (Å²) >= 11 is 0. The van der Waals surface area contributed by atoms with E-state index in [0.717, 1.165) is 29.2 Å². The molecule has 1 aromatic heterocycles. The van der Waals surface area contributed by atoms with Crippen LogP contribution in [0.3, 0.4) is 0 Å². The second-order valence-corrected chi connectivity index (χ2v) is 4.82. The number of anilines is 2. The third-order valence-electron chi connectivity index (χ3n) is 3.11. The van der Waals surface area contributed by atoms with Crippen LogP contribution in [0.25, 0.3) is 0 Å². The lowest BCUT2D eigenvalue weighted by atomic mass is 10.1. The molecule has 0 spiro atoms. The minimum Gasteiger partial charge on any atom is -0.385 e. The number of aromatic nitrogens is 2. The summed E-state index contributed by atoms with van der Waals surface area (Å²) in [5, 5.41) is 10.3. The van der Waals surface area contributed by atoms with E-state index in [1.54, 1.807) is 10.9 Å². The molecule has 20 heavy (non-hydrogen) atoms. The summed E-state index contributed by atoms with van der Waals surface area (Å²) in [5.74, 6) is -0.110. The van der Waals surface area contributed by atoms with E-state index in [1.165, 1.54) is 0 Å². The standard InChI is InChI=1S/C15H20N4O/c1-5-16-12-6-7-13(10(2)8-12)15(20)17-14-9-19(4)18-11(14)3/h6-9,16H,5H2,1-4H3,(H,17,20). The highest BCUT2D eigenvalue weighted by Gasteiger charge is 2.12. The number of aryl methyl sites for hydroxylation is 3. The van der Waals surface area contributed by atoms with E-state index in [-0.39, 0.29) is 5.91 Å². The molecule has 1 aromatic carbocycles. The highest BCUT2D eigenvalue weighted by Crippen LogP contribution is 2.18. The molecule has 2 N–H and O–H groups in total. The average molecular weight is 272 g/mol. The Labute approximate surface area is 119 Å². The van der Waals surface area contributed by atoms with Crippen LogP contribution in [0.1, 0.15) is 28.5 Å². The van der Waals surface area contributed by atoms with Crippen molar-refractivity contribution in [1.29, 1.82) is 0 Å². The third kappa shape index (κ3) is 2.99. The summed E-state index contributed by atoms with van der Waals surface area (Å²) in [6.45, 7) is 6.71. The molecule has 106 valence electrons. The first kappa shape index (κ1) is 14.1. The third-order valence-corrected chi connectivity index (χ3v) is 3.11. The summed E-state index contributed by atoms with van der Waals surface area (Å²) in [5.41, 5.74) is 4.20. The van der Waals surface area contributed by atoms with E-state index < -0.39 is 0 Å². The summed E-state index contributed by atoms with van der Waals surface area (Å²) < 4.78 is 1.69. The summed E-state index contributed by atoms with van der Waals surface area (Å²) in [6, 6.07) is 5.74. The SMILES string of the molecule is CCNc1ccc(C(=O)Nc2cn(C)nc2C)c(C)c1. The van der Waals surface area contributed by atoms with Gasteiger partial charge < -0.3 is 10.6 Å². The molecule has 0 bridgehead atoms. The van der Waals surface area contributed by atoms with Crippen molar-refractivity contribution in [2.24, 2.45) is 7.05 Å². The van der Waals surface area contributed by atoms with Gasteiger partial charge in [-0.25, -0.2) is 0 Å². The van der Waals surface area contributed by atoms with Crippen molar-refractivity contribution in [3.05, 3.63) is 41.2 Å². The molecular weight excluding hydrogens is 252 g/mol. The summed E-state index contributed by atoms with van der Waals surface area (Å²) in [4.78, 5) is 12.3. The van der Waals surface area contributed by atoms with Gasteiger partial charge in [-0.05, 0) is 44.5 Å². The molecule has 1 amide bonds. The average Bonchev–Trinajstić information content (AvgIpc) is 2.68. The van der Waals surface area contributed by atoms with Crippen LogP contribution >= 0.6 is 0 Å². The topological polar surface area (TPSA) is 59.0 Å². The van der Waals surface area contributed by atoms with E-state index in [1.807, 2.05) is 46.0 Å². The molecule has 2 rings (SSSR count). The lowest BCUT2D eigenvalue weighted by Gasteiger charge is -2.09.